The molecule has 0 aliphatic rings. The zero-order chi connectivity index (χ0) is 20.6. The highest BCUT2D eigenvalue weighted by atomic mass is 32.1. The number of rotatable bonds is 8. The van der Waals surface area contributed by atoms with Gasteiger partial charge in [0.15, 0.2) is 4.77 Å². The number of nitriles is 1. The van der Waals surface area contributed by atoms with E-state index in [0.717, 1.165) is 30.3 Å². The predicted octanol–water partition coefficient (Wildman–Crippen LogP) is 3.81. The van der Waals surface area contributed by atoms with Gasteiger partial charge in [-0.1, -0.05) is 30.7 Å². The molecular weight excluding hydrogens is 384 g/mol. The number of benzene rings is 2. The molecule has 0 fully saturated rings. The molecule has 3 aromatic rings. The lowest BCUT2D eigenvalue weighted by atomic mass is 10.1. The predicted molar refractivity (Wildman–Crippen MR) is 115 cm³/mol. The highest BCUT2D eigenvalue weighted by molar-refractivity contribution is 7.71. The molecule has 0 unspecified atom stereocenters. The molecule has 0 radical (unpaired) electrons. The van der Waals surface area contributed by atoms with Crippen molar-refractivity contribution in [1.82, 2.24) is 14.9 Å². The number of H-pyrrole nitrogens is 1. The first kappa shape index (κ1) is 20.5. The minimum absolute atomic E-state index is 0.00507. The molecule has 2 N–H and O–H groups in total. The summed E-state index contributed by atoms with van der Waals surface area (Å²) in [7, 11) is 0. The third-order valence-corrected chi connectivity index (χ3v) is 5.07. The number of para-hydroxylation sites is 1. The van der Waals surface area contributed by atoms with Crippen molar-refractivity contribution in [2.75, 3.05) is 0 Å². The minimum Gasteiger partial charge on any atom is -0.352 e. The second-order valence-corrected chi connectivity index (χ2v) is 7.22. The lowest BCUT2D eigenvalue weighted by molar-refractivity contribution is -0.121. The first-order valence-electron chi connectivity index (χ1n) is 9.56. The fraction of sp³-hybridized carbons (Fsp3) is 0.273. The van der Waals surface area contributed by atoms with E-state index < -0.39 is 0 Å². The number of aromatic amines is 1. The van der Waals surface area contributed by atoms with Crippen LogP contribution >= 0.6 is 12.2 Å². The van der Waals surface area contributed by atoms with Gasteiger partial charge in [0, 0.05) is 19.5 Å². The average Bonchev–Trinajstić information content (AvgIpc) is 2.74. The molecule has 0 aliphatic heterocycles. The summed E-state index contributed by atoms with van der Waals surface area (Å²) in [6.07, 6.45) is 2.80. The molecule has 1 aromatic heterocycles. The Hall–Kier alpha value is -3.24. The molecular formula is C22H22N4O2S. The van der Waals surface area contributed by atoms with Gasteiger partial charge in [-0.25, -0.2) is 0 Å². The third-order valence-electron chi connectivity index (χ3n) is 4.75. The van der Waals surface area contributed by atoms with Crippen molar-refractivity contribution >= 4 is 29.0 Å². The van der Waals surface area contributed by atoms with Crippen LogP contribution in [0.3, 0.4) is 0 Å². The summed E-state index contributed by atoms with van der Waals surface area (Å²) in [5, 5.41) is 12.3. The van der Waals surface area contributed by atoms with E-state index in [1.165, 1.54) is 0 Å². The van der Waals surface area contributed by atoms with Crippen molar-refractivity contribution in [2.45, 2.75) is 38.8 Å². The SMILES string of the molecule is N#Cc1ccc(CNC(=O)CCCCCn2c(=S)[nH]c3ccccc3c2=O)cc1. The van der Waals surface area contributed by atoms with Crippen molar-refractivity contribution in [2.24, 2.45) is 0 Å². The number of carbonyl (C=O) groups excluding carboxylic acids is 1. The molecule has 2 aromatic carbocycles. The Morgan fingerprint density at radius 3 is 2.62 bits per heavy atom. The quantitative estimate of drug-likeness (QED) is 0.440. The van der Waals surface area contributed by atoms with Crippen LogP contribution in [0, 0.1) is 16.1 Å². The van der Waals surface area contributed by atoms with E-state index in [1.54, 1.807) is 22.8 Å². The van der Waals surface area contributed by atoms with E-state index >= 15 is 0 Å². The molecule has 3 rings (SSSR count). The van der Waals surface area contributed by atoms with E-state index in [4.69, 9.17) is 17.5 Å². The molecule has 0 spiro atoms. The summed E-state index contributed by atoms with van der Waals surface area (Å²) in [4.78, 5) is 27.7. The van der Waals surface area contributed by atoms with Crippen molar-refractivity contribution < 1.29 is 4.79 Å². The van der Waals surface area contributed by atoms with Crippen molar-refractivity contribution in [3.63, 3.8) is 0 Å². The maximum Gasteiger partial charge on any atom is 0.262 e. The van der Waals surface area contributed by atoms with Gasteiger partial charge in [0.2, 0.25) is 5.91 Å². The first-order valence-corrected chi connectivity index (χ1v) is 9.97. The van der Waals surface area contributed by atoms with Crippen LogP contribution in [0.1, 0.15) is 36.8 Å². The van der Waals surface area contributed by atoms with Crippen LogP contribution in [0.2, 0.25) is 0 Å². The fourth-order valence-corrected chi connectivity index (χ4v) is 3.40. The lowest BCUT2D eigenvalue weighted by Crippen LogP contribution is -2.23. The third kappa shape index (κ3) is 5.39. The summed E-state index contributed by atoms with van der Waals surface area (Å²) in [6, 6.07) is 16.5. The lowest BCUT2D eigenvalue weighted by Gasteiger charge is -2.08. The molecule has 0 atom stereocenters. The molecule has 29 heavy (non-hydrogen) atoms. The van der Waals surface area contributed by atoms with Crippen LogP contribution in [-0.2, 0) is 17.9 Å². The largest absolute Gasteiger partial charge is 0.352 e. The van der Waals surface area contributed by atoms with Crippen molar-refractivity contribution in [3.8, 4) is 6.07 Å². The van der Waals surface area contributed by atoms with Gasteiger partial charge in [-0.15, -0.1) is 0 Å². The van der Waals surface area contributed by atoms with E-state index in [9.17, 15) is 9.59 Å². The highest BCUT2D eigenvalue weighted by Crippen LogP contribution is 2.08. The van der Waals surface area contributed by atoms with Crippen LogP contribution in [0.5, 0.6) is 0 Å². The summed E-state index contributed by atoms with van der Waals surface area (Å²) in [5.41, 5.74) is 2.23. The standard InChI is InChI=1S/C22H22N4O2S/c23-14-16-9-11-17(12-10-16)15-24-20(27)8-2-1-5-13-26-21(28)18-6-3-4-7-19(18)25-22(26)29/h3-4,6-7,9-12H,1-2,5,8,13,15H2,(H,24,27)(H,25,29). The Kier molecular flexibility index (Phi) is 6.93. The van der Waals surface area contributed by atoms with E-state index in [-0.39, 0.29) is 11.5 Å². The van der Waals surface area contributed by atoms with E-state index in [1.807, 2.05) is 30.3 Å². The summed E-state index contributed by atoms with van der Waals surface area (Å²) in [6.45, 7) is 0.984. The number of carbonyl (C=O) groups is 1. The van der Waals surface area contributed by atoms with Gasteiger partial charge in [0.25, 0.3) is 5.56 Å². The molecule has 0 aliphatic carbocycles. The smallest absolute Gasteiger partial charge is 0.262 e. The molecule has 148 valence electrons. The summed E-state index contributed by atoms with van der Waals surface area (Å²) >= 11 is 5.31. The normalized spacial score (nSPS) is 10.6. The summed E-state index contributed by atoms with van der Waals surface area (Å²) < 4.78 is 2.01. The number of nitrogens with zero attached hydrogens (tertiary/aromatic N) is 2. The Labute approximate surface area is 173 Å². The molecule has 7 heteroatoms. The van der Waals surface area contributed by atoms with E-state index in [2.05, 4.69) is 16.4 Å². The number of hydrogen-bond acceptors (Lipinski definition) is 4. The molecule has 0 saturated carbocycles. The number of unbranched alkanes of at least 4 members (excludes halogenated alkanes) is 2. The highest BCUT2D eigenvalue weighted by Gasteiger charge is 2.06. The number of fused-ring (bicyclic) bond motifs is 1. The van der Waals surface area contributed by atoms with Crippen LogP contribution in [0.15, 0.2) is 53.3 Å². The van der Waals surface area contributed by atoms with Gasteiger partial charge in [-0.2, -0.15) is 5.26 Å². The van der Waals surface area contributed by atoms with Gasteiger partial charge < -0.3 is 10.3 Å². The topological polar surface area (TPSA) is 90.7 Å². The van der Waals surface area contributed by atoms with Crippen molar-refractivity contribution in [1.29, 1.82) is 5.26 Å². The van der Waals surface area contributed by atoms with Crippen LogP contribution in [-0.4, -0.2) is 15.5 Å². The minimum atomic E-state index is -0.0792. The number of aromatic nitrogens is 2. The second-order valence-electron chi connectivity index (χ2n) is 6.83. The zero-order valence-corrected chi connectivity index (χ0v) is 16.8. The Bertz CT molecular complexity index is 1160. The molecule has 1 heterocycles. The average molecular weight is 407 g/mol. The summed E-state index contributed by atoms with van der Waals surface area (Å²) in [5.74, 6) is -0.00507. The Morgan fingerprint density at radius 2 is 1.86 bits per heavy atom. The Morgan fingerprint density at radius 1 is 1.10 bits per heavy atom. The maximum absolute atomic E-state index is 12.6. The van der Waals surface area contributed by atoms with Gasteiger partial charge in [0.05, 0.1) is 22.5 Å². The maximum atomic E-state index is 12.6. The first-order chi connectivity index (χ1) is 14.1. The number of amides is 1. The fourth-order valence-electron chi connectivity index (χ4n) is 3.12. The van der Waals surface area contributed by atoms with Crippen LogP contribution in [0.25, 0.3) is 10.9 Å². The van der Waals surface area contributed by atoms with Crippen molar-refractivity contribution in [3.05, 3.63) is 74.8 Å². The molecule has 1 amide bonds. The molecule has 0 bridgehead atoms. The molecule has 0 saturated heterocycles. The number of hydrogen-bond donors (Lipinski definition) is 2. The van der Waals surface area contributed by atoms with Gasteiger partial charge in [0.1, 0.15) is 0 Å². The van der Waals surface area contributed by atoms with E-state index in [0.29, 0.717) is 35.2 Å². The van der Waals surface area contributed by atoms with Crippen LogP contribution in [0.4, 0.5) is 0 Å². The number of nitrogens with one attached hydrogen (secondary N) is 2. The monoisotopic (exact) mass is 406 g/mol. The van der Waals surface area contributed by atoms with Gasteiger partial charge in [-0.05, 0) is 54.9 Å². The van der Waals surface area contributed by atoms with Crippen LogP contribution < -0.4 is 10.9 Å². The second kappa shape index (κ2) is 9.80. The Balaban J connectivity index is 1.42. The van der Waals surface area contributed by atoms with Gasteiger partial charge >= 0.3 is 0 Å². The zero-order valence-electron chi connectivity index (χ0n) is 16.0. The molecule has 6 nitrogen and oxygen atoms in total. The van der Waals surface area contributed by atoms with Gasteiger partial charge in [-0.3, -0.25) is 14.2 Å².